The number of carbonyl (C=O) groups excluding carboxylic acids is 1. The van der Waals surface area contributed by atoms with Crippen molar-refractivity contribution in [1.29, 1.82) is 0 Å². The summed E-state index contributed by atoms with van der Waals surface area (Å²) >= 11 is 3.57. The van der Waals surface area contributed by atoms with Crippen molar-refractivity contribution in [3.05, 3.63) is 70.8 Å². The molecule has 3 aromatic carbocycles. The highest BCUT2D eigenvalue weighted by atomic mass is 79.9. The summed E-state index contributed by atoms with van der Waals surface area (Å²) in [5.41, 5.74) is 3.72. The first kappa shape index (κ1) is 22.0. The van der Waals surface area contributed by atoms with Crippen LogP contribution >= 0.6 is 15.9 Å². The molecule has 7 nitrogen and oxygen atoms in total. The lowest BCUT2D eigenvalue weighted by Gasteiger charge is -2.14. The molecule has 0 aliphatic carbocycles. The van der Waals surface area contributed by atoms with E-state index in [0.717, 1.165) is 26.5 Å². The van der Waals surface area contributed by atoms with E-state index < -0.39 is 0 Å². The fraction of sp³-hybridized carbons (Fsp3) is 0.154. The molecule has 0 aliphatic heterocycles. The number of rotatable bonds is 5. The number of hydrogen-bond acceptors (Lipinski definition) is 5. The Balaban J connectivity index is 1.79. The summed E-state index contributed by atoms with van der Waals surface area (Å²) in [4.78, 5) is 18.9. The first-order chi connectivity index (χ1) is 16.5. The largest absolute Gasteiger partial charge is 0.493 e. The lowest BCUT2D eigenvalue weighted by atomic mass is 10.1. The van der Waals surface area contributed by atoms with Crippen LogP contribution in [0, 0.1) is 0 Å². The van der Waals surface area contributed by atoms with Crippen molar-refractivity contribution >= 4 is 43.8 Å². The molecule has 0 unspecified atom stereocenters. The normalized spacial score (nSPS) is 11.2. The topological polar surface area (TPSA) is 67.5 Å². The van der Waals surface area contributed by atoms with Crippen molar-refractivity contribution < 1.29 is 19.0 Å². The SMILES string of the molecule is COc1cc(C(=O)n2c(-c3cn(C)c4ccc(Br)cc34)nc3ccccc32)cc(OC)c1OC. The van der Waals surface area contributed by atoms with E-state index in [-0.39, 0.29) is 5.91 Å². The molecule has 0 atom stereocenters. The zero-order valence-corrected chi connectivity index (χ0v) is 20.7. The van der Waals surface area contributed by atoms with Crippen LogP contribution in [0.15, 0.2) is 65.3 Å². The van der Waals surface area contributed by atoms with Crippen LogP contribution < -0.4 is 14.2 Å². The van der Waals surface area contributed by atoms with Crippen LogP contribution in [0.1, 0.15) is 10.4 Å². The minimum Gasteiger partial charge on any atom is -0.493 e. The summed E-state index contributed by atoms with van der Waals surface area (Å²) in [7, 11) is 6.56. The second kappa shape index (κ2) is 8.53. The number of imidazole rings is 1. The van der Waals surface area contributed by atoms with Crippen molar-refractivity contribution in [2.75, 3.05) is 21.3 Å². The van der Waals surface area contributed by atoms with Gasteiger partial charge in [-0.2, -0.15) is 0 Å². The lowest BCUT2D eigenvalue weighted by molar-refractivity contribution is 0.0965. The Morgan fingerprint density at radius 2 is 1.62 bits per heavy atom. The highest BCUT2D eigenvalue weighted by molar-refractivity contribution is 9.10. The molecule has 5 rings (SSSR count). The number of aromatic nitrogens is 3. The molecule has 5 aromatic rings. The van der Waals surface area contributed by atoms with Gasteiger partial charge in [0.25, 0.3) is 5.91 Å². The second-order valence-corrected chi connectivity index (χ2v) is 8.71. The molecule has 0 N–H and O–H groups in total. The predicted molar refractivity (Wildman–Crippen MR) is 135 cm³/mol. The number of ether oxygens (including phenoxy) is 3. The molecule has 0 radical (unpaired) electrons. The molecule has 0 fully saturated rings. The number of halogens is 1. The van der Waals surface area contributed by atoms with E-state index in [1.807, 2.05) is 60.3 Å². The molecular weight excluding hydrogens is 498 g/mol. The van der Waals surface area contributed by atoms with Crippen LogP contribution in [-0.2, 0) is 7.05 Å². The molecule has 2 aromatic heterocycles. The van der Waals surface area contributed by atoms with Crippen molar-refractivity contribution in [3.63, 3.8) is 0 Å². The van der Waals surface area contributed by atoms with Crippen LogP contribution in [0.25, 0.3) is 33.3 Å². The molecule has 0 aliphatic rings. The molecule has 172 valence electrons. The van der Waals surface area contributed by atoms with Crippen LogP contribution in [0.4, 0.5) is 0 Å². The highest BCUT2D eigenvalue weighted by Gasteiger charge is 2.24. The number of benzene rings is 3. The van der Waals surface area contributed by atoms with Crippen LogP contribution in [0.2, 0.25) is 0 Å². The Kier molecular flexibility index (Phi) is 5.53. The van der Waals surface area contributed by atoms with E-state index in [1.54, 1.807) is 16.7 Å². The smallest absolute Gasteiger partial charge is 0.264 e. The summed E-state index contributed by atoms with van der Waals surface area (Å²) in [5, 5.41) is 0.992. The summed E-state index contributed by atoms with van der Waals surface area (Å²) in [6, 6.07) is 17.0. The number of methoxy groups -OCH3 is 3. The summed E-state index contributed by atoms with van der Waals surface area (Å²) in [6.07, 6.45) is 2.00. The van der Waals surface area contributed by atoms with Crippen LogP contribution in [0.5, 0.6) is 17.2 Å². The van der Waals surface area contributed by atoms with Crippen molar-refractivity contribution in [3.8, 4) is 28.6 Å². The Morgan fingerprint density at radius 3 is 2.29 bits per heavy atom. The Bertz CT molecular complexity index is 1540. The highest BCUT2D eigenvalue weighted by Crippen LogP contribution is 2.39. The van der Waals surface area contributed by atoms with Gasteiger partial charge in [-0.1, -0.05) is 28.1 Å². The molecule has 0 spiro atoms. The van der Waals surface area contributed by atoms with Gasteiger partial charge in [0.05, 0.1) is 32.4 Å². The van der Waals surface area contributed by atoms with E-state index >= 15 is 0 Å². The van der Waals surface area contributed by atoms with Gasteiger partial charge in [0.1, 0.15) is 5.82 Å². The number of carbonyl (C=O) groups is 1. The minimum absolute atomic E-state index is 0.255. The van der Waals surface area contributed by atoms with Gasteiger partial charge in [0.2, 0.25) is 5.75 Å². The molecule has 0 saturated carbocycles. The molecule has 0 saturated heterocycles. The molecular formula is C26H22BrN3O4. The summed E-state index contributed by atoms with van der Waals surface area (Å²) in [6.45, 7) is 0. The van der Waals surface area contributed by atoms with Gasteiger partial charge in [-0.05, 0) is 42.5 Å². The first-order valence-corrected chi connectivity index (χ1v) is 11.3. The van der Waals surface area contributed by atoms with E-state index in [0.29, 0.717) is 34.2 Å². The fourth-order valence-electron chi connectivity index (χ4n) is 4.29. The van der Waals surface area contributed by atoms with Gasteiger partial charge >= 0.3 is 0 Å². The predicted octanol–water partition coefficient (Wildman–Crippen LogP) is 5.67. The van der Waals surface area contributed by atoms with E-state index in [4.69, 9.17) is 19.2 Å². The van der Waals surface area contributed by atoms with Gasteiger partial charge in [-0.3, -0.25) is 9.36 Å². The quantitative estimate of drug-likeness (QED) is 0.299. The Hall–Kier alpha value is -3.78. The maximum Gasteiger partial charge on any atom is 0.264 e. The minimum atomic E-state index is -0.255. The number of hydrogen-bond donors (Lipinski definition) is 0. The Labute approximate surface area is 204 Å². The molecule has 8 heteroatoms. The van der Waals surface area contributed by atoms with E-state index in [9.17, 15) is 4.79 Å². The average molecular weight is 520 g/mol. The third kappa shape index (κ3) is 3.42. The second-order valence-electron chi connectivity index (χ2n) is 7.79. The maximum absolute atomic E-state index is 14.0. The van der Waals surface area contributed by atoms with Crippen LogP contribution in [-0.4, -0.2) is 41.4 Å². The number of nitrogens with zero attached hydrogens (tertiary/aromatic N) is 3. The number of aryl methyl sites for hydroxylation is 1. The summed E-state index contributed by atoms with van der Waals surface area (Å²) < 4.78 is 21.0. The number of fused-ring (bicyclic) bond motifs is 2. The van der Waals surface area contributed by atoms with Gasteiger partial charge in [0, 0.05) is 39.7 Å². The zero-order valence-electron chi connectivity index (χ0n) is 19.1. The van der Waals surface area contributed by atoms with Gasteiger partial charge in [0.15, 0.2) is 11.5 Å². The zero-order chi connectivity index (χ0) is 24.0. The third-order valence-corrected chi connectivity index (χ3v) is 6.36. The average Bonchev–Trinajstić information content (AvgIpc) is 3.39. The molecule has 0 bridgehead atoms. The van der Waals surface area contributed by atoms with Crippen molar-refractivity contribution in [2.45, 2.75) is 0 Å². The first-order valence-electron chi connectivity index (χ1n) is 10.5. The van der Waals surface area contributed by atoms with Crippen molar-refractivity contribution in [1.82, 2.24) is 14.1 Å². The van der Waals surface area contributed by atoms with Crippen molar-refractivity contribution in [2.24, 2.45) is 7.05 Å². The molecule has 0 amide bonds. The van der Waals surface area contributed by atoms with Crippen LogP contribution in [0.3, 0.4) is 0 Å². The lowest BCUT2D eigenvalue weighted by Crippen LogP contribution is -2.14. The molecule has 2 heterocycles. The monoisotopic (exact) mass is 519 g/mol. The summed E-state index contributed by atoms with van der Waals surface area (Å²) in [5.74, 6) is 1.55. The Morgan fingerprint density at radius 1 is 0.912 bits per heavy atom. The fourth-order valence-corrected chi connectivity index (χ4v) is 4.65. The maximum atomic E-state index is 14.0. The van der Waals surface area contributed by atoms with Gasteiger partial charge in [-0.25, -0.2) is 4.98 Å². The number of para-hydroxylation sites is 2. The van der Waals surface area contributed by atoms with E-state index in [1.165, 1.54) is 21.3 Å². The third-order valence-electron chi connectivity index (χ3n) is 5.87. The molecule has 34 heavy (non-hydrogen) atoms. The standard InChI is InChI=1S/C26H22BrN3O4/c1-29-14-18(17-13-16(27)9-10-20(17)29)25-28-19-7-5-6-8-21(19)30(25)26(31)15-11-22(32-2)24(34-4)23(12-15)33-3/h5-14H,1-4H3. The van der Waals surface area contributed by atoms with Gasteiger partial charge < -0.3 is 18.8 Å². The van der Waals surface area contributed by atoms with Gasteiger partial charge in [-0.15, -0.1) is 0 Å². The van der Waals surface area contributed by atoms with E-state index in [2.05, 4.69) is 15.9 Å².